The van der Waals surface area contributed by atoms with Crippen molar-refractivity contribution >= 4 is 27.7 Å². The molecule has 2 rings (SSSR count). The van der Waals surface area contributed by atoms with E-state index in [0.717, 1.165) is 36.6 Å². The highest BCUT2D eigenvalue weighted by molar-refractivity contribution is 7.92. The molecule has 0 spiro atoms. The highest BCUT2D eigenvalue weighted by Crippen LogP contribution is 2.34. The Kier molecular flexibility index (Phi) is 8.88. The van der Waals surface area contributed by atoms with E-state index in [0.29, 0.717) is 6.42 Å². The Labute approximate surface area is 200 Å². The minimum absolute atomic E-state index is 0.0242. The fraction of sp³-hybridized carbons (Fsp3) is 0.348. The number of amides is 1. The number of hydrogen-bond acceptors (Lipinski definition) is 4. The molecule has 0 heterocycles. The Morgan fingerprint density at radius 1 is 1.11 bits per heavy atom. The molecule has 2 aromatic rings. The van der Waals surface area contributed by atoms with Crippen LogP contribution in [0.4, 0.5) is 27.6 Å². The summed E-state index contributed by atoms with van der Waals surface area (Å²) in [5, 5.41) is 2.48. The van der Waals surface area contributed by atoms with Gasteiger partial charge in [0.1, 0.15) is 11.4 Å². The third-order valence-corrected chi connectivity index (χ3v) is 5.44. The van der Waals surface area contributed by atoms with Crippen LogP contribution in [-0.2, 0) is 21.0 Å². The fourth-order valence-electron chi connectivity index (χ4n) is 2.89. The highest BCUT2D eigenvalue weighted by atomic mass is 32.2. The lowest BCUT2D eigenvalue weighted by Crippen LogP contribution is -2.25. The minimum Gasteiger partial charge on any atom is -0.490 e. The zero-order chi connectivity index (χ0) is 26.6. The Morgan fingerprint density at radius 3 is 2.23 bits per heavy atom. The first-order chi connectivity index (χ1) is 16.1. The molecule has 6 nitrogen and oxygen atoms in total. The quantitative estimate of drug-likeness (QED) is 0.342. The Balaban J connectivity index is 2.21. The van der Waals surface area contributed by atoms with Crippen LogP contribution in [0.5, 0.6) is 5.75 Å². The predicted molar refractivity (Wildman–Crippen MR) is 122 cm³/mol. The van der Waals surface area contributed by atoms with E-state index in [2.05, 4.69) is 5.32 Å². The molecule has 0 bridgehead atoms. The van der Waals surface area contributed by atoms with Gasteiger partial charge in [-0.05, 0) is 56.2 Å². The number of benzene rings is 2. The molecule has 0 fully saturated rings. The average Bonchev–Trinajstić information content (AvgIpc) is 2.73. The van der Waals surface area contributed by atoms with Gasteiger partial charge in [0.05, 0.1) is 24.0 Å². The summed E-state index contributed by atoms with van der Waals surface area (Å²) in [5.41, 5.74) is -1.49. The van der Waals surface area contributed by atoms with Crippen LogP contribution in [0, 0.1) is 11.6 Å². The second kappa shape index (κ2) is 11.1. The number of carbonyl (C=O) groups is 1. The van der Waals surface area contributed by atoms with Gasteiger partial charge in [0.15, 0.2) is 11.6 Å². The van der Waals surface area contributed by atoms with Gasteiger partial charge >= 0.3 is 6.18 Å². The molecule has 1 unspecified atom stereocenters. The third-order valence-electron chi connectivity index (χ3n) is 4.87. The molecule has 1 amide bonds. The first-order valence-corrected chi connectivity index (χ1v) is 12.3. The number of sulfonamides is 1. The van der Waals surface area contributed by atoms with E-state index in [1.807, 2.05) is 0 Å². The normalized spacial score (nSPS) is 14.0. The number of nitrogens with one attached hydrogen (secondary N) is 2. The summed E-state index contributed by atoms with van der Waals surface area (Å²) >= 11 is 0. The molecule has 0 aromatic heterocycles. The molecule has 0 aliphatic rings. The zero-order valence-electron chi connectivity index (χ0n) is 19.3. The molecular weight excluding hydrogens is 495 g/mol. The molecule has 0 saturated heterocycles. The van der Waals surface area contributed by atoms with E-state index >= 15 is 0 Å². The monoisotopic (exact) mass is 520 g/mol. The van der Waals surface area contributed by atoms with E-state index in [1.54, 1.807) is 18.6 Å². The largest absolute Gasteiger partial charge is 0.490 e. The topological polar surface area (TPSA) is 84.5 Å². The molecule has 0 aliphatic heterocycles. The number of anilines is 1. The molecule has 2 N–H and O–H groups in total. The van der Waals surface area contributed by atoms with Crippen LogP contribution in [0.25, 0.3) is 6.08 Å². The molecule has 2 atom stereocenters. The van der Waals surface area contributed by atoms with E-state index in [4.69, 9.17) is 4.74 Å². The van der Waals surface area contributed by atoms with E-state index < -0.39 is 51.0 Å². The molecule has 12 heteroatoms. The fourth-order valence-corrected chi connectivity index (χ4v) is 3.45. The highest BCUT2D eigenvalue weighted by Gasteiger charge is 2.31. The maximum absolute atomic E-state index is 14.2. The van der Waals surface area contributed by atoms with E-state index in [1.165, 1.54) is 19.1 Å². The molecule has 0 aliphatic carbocycles. The van der Waals surface area contributed by atoms with Gasteiger partial charge in [0, 0.05) is 11.6 Å². The number of ether oxygens (including phenoxy) is 1. The number of hydrogen-bond donors (Lipinski definition) is 2. The van der Waals surface area contributed by atoms with Crippen molar-refractivity contribution in [3.8, 4) is 5.75 Å². The van der Waals surface area contributed by atoms with Gasteiger partial charge in [0.25, 0.3) is 0 Å². The molecule has 0 radical (unpaired) electrons. The van der Waals surface area contributed by atoms with Crippen LogP contribution in [-0.4, -0.2) is 26.7 Å². The molecular formula is C23H25F5N2O4S. The first-order valence-electron chi connectivity index (χ1n) is 10.4. The van der Waals surface area contributed by atoms with Crippen molar-refractivity contribution in [2.45, 2.75) is 45.5 Å². The summed E-state index contributed by atoms with van der Waals surface area (Å²) in [6.07, 6.45) is -1.34. The lowest BCUT2D eigenvalue weighted by atomic mass is 10.1. The average molecular weight is 521 g/mol. The maximum atomic E-state index is 14.2. The maximum Gasteiger partial charge on any atom is 0.416 e. The second-order valence-electron chi connectivity index (χ2n) is 7.88. The van der Waals surface area contributed by atoms with E-state index in [9.17, 15) is 35.2 Å². The van der Waals surface area contributed by atoms with Crippen molar-refractivity contribution in [1.82, 2.24) is 5.32 Å². The number of rotatable bonds is 9. The predicted octanol–water partition coefficient (Wildman–Crippen LogP) is 5.42. The van der Waals surface area contributed by atoms with E-state index in [-0.39, 0.29) is 23.0 Å². The van der Waals surface area contributed by atoms with Crippen molar-refractivity contribution in [1.29, 1.82) is 0 Å². The smallest absolute Gasteiger partial charge is 0.416 e. The summed E-state index contributed by atoms with van der Waals surface area (Å²) in [5.74, 6) is -3.08. The van der Waals surface area contributed by atoms with Crippen LogP contribution < -0.4 is 14.8 Å². The van der Waals surface area contributed by atoms with Gasteiger partial charge in [-0.25, -0.2) is 17.2 Å². The summed E-state index contributed by atoms with van der Waals surface area (Å²) in [6, 6.07) is 3.75. The van der Waals surface area contributed by atoms with Gasteiger partial charge in [-0.15, -0.1) is 0 Å². The lowest BCUT2D eigenvalue weighted by molar-refractivity contribution is -0.137. The molecule has 35 heavy (non-hydrogen) atoms. The molecule has 192 valence electrons. The van der Waals surface area contributed by atoms with Crippen molar-refractivity contribution in [3.63, 3.8) is 0 Å². The van der Waals surface area contributed by atoms with Gasteiger partial charge in [-0.1, -0.05) is 13.0 Å². The summed E-state index contributed by atoms with van der Waals surface area (Å²) in [4.78, 5) is 12.3. The molecule has 2 aromatic carbocycles. The van der Waals surface area contributed by atoms with Gasteiger partial charge in [-0.3, -0.25) is 9.52 Å². The minimum atomic E-state index is -4.57. The molecule has 0 saturated carbocycles. The van der Waals surface area contributed by atoms with Gasteiger partial charge in [0.2, 0.25) is 15.9 Å². The Morgan fingerprint density at radius 2 is 1.71 bits per heavy atom. The zero-order valence-corrected chi connectivity index (χ0v) is 20.2. The van der Waals surface area contributed by atoms with Crippen molar-refractivity contribution in [2.75, 3.05) is 11.0 Å². The Bertz CT molecular complexity index is 1190. The van der Waals surface area contributed by atoms with Crippen LogP contribution in [0.3, 0.4) is 0 Å². The standard InChI is InChI=1S/C23H25F5N2O4S/c1-5-13(2)34-20-12-17(23(26,27)28)8-6-15(20)7-9-21(31)29-14(3)16-10-18(24)22(19(25)11-16)30-35(4,32)33/h6-14,30H,5H2,1-4H3,(H,29,31)/b9-7+/t13-,14?/m1/s1. The SMILES string of the molecule is CC[C@@H](C)Oc1cc(C(F)(F)F)ccc1/C=C/C(=O)NC(C)c1cc(F)c(NS(C)(=O)=O)c(F)c1. The number of carbonyl (C=O) groups excluding carboxylic acids is 1. The Hall–Kier alpha value is -3.15. The van der Waals surface area contributed by atoms with Gasteiger partial charge in [-0.2, -0.15) is 13.2 Å². The summed E-state index contributed by atoms with van der Waals surface area (Å²) < 4.78 is 97.5. The van der Waals surface area contributed by atoms with Crippen LogP contribution in [0.1, 0.15) is 49.9 Å². The van der Waals surface area contributed by atoms with Crippen LogP contribution in [0.15, 0.2) is 36.4 Å². The summed E-state index contributed by atoms with van der Waals surface area (Å²) in [6.45, 7) is 4.94. The number of alkyl halides is 3. The third kappa shape index (κ3) is 8.23. The van der Waals surface area contributed by atoms with Crippen molar-refractivity contribution in [3.05, 3.63) is 64.7 Å². The van der Waals surface area contributed by atoms with Crippen LogP contribution in [0.2, 0.25) is 0 Å². The van der Waals surface area contributed by atoms with Crippen molar-refractivity contribution in [2.24, 2.45) is 0 Å². The summed E-state index contributed by atoms with van der Waals surface area (Å²) in [7, 11) is -3.91. The second-order valence-corrected chi connectivity index (χ2v) is 9.63. The number of halogens is 5. The van der Waals surface area contributed by atoms with Crippen molar-refractivity contribution < 1.29 is 39.9 Å². The van der Waals surface area contributed by atoms with Gasteiger partial charge < -0.3 is 10.1 Å². The first kappa shape index (κ1) is 28.1. The van der Waals surface area contributed by atoms with Crippen LogP contribution >= 0.6 is 0 Å². The lowest BCUT2D eigenvalue weighted by Gasteiger charge is -2.17.